The zero-order valence-corrected chi connectivity index (χ0v) is 11.7. The largest absolute Gasteiger partial charge is 0.472 e. The van der Waals surface area contributed by atoms with Crippen molar-refractivity contribution in [2.45, 2.75) is 18.0 Å². The number of rotatable bonds is 6. The predicted molar refractivity (Wildman–Crippen MR) is 71.9 cm³/mol. The van der Waals surface area contributed by atoms with Gasteiger partial charge in [0.1, 0.15) is 5.82 Å². The second kappa shape index (κ2) is 6.17. The van der Waals surface area contributed by atoms with Gasteiger partial charge in [-0.05, 0) is 30.8 Å². The van der Waals surface area contributed by atoms with E-state index in [1.807, 2.05) is 0 Å². The molecule has 2 N–H and O–H groups in total. The van der Waals surface area contributed by atoms with Crippen LogP contribution in [0, 0.1) is 5.82 Å². The Morgan fingerprint density at radius 3 is 2.70 bits per heavy atom. The molecule has 0 amide bonds. The molecule has 0 bridgehead atoms. The van der Waals surface area contributed by atoms with Crippen LogP contribution in [-0.2, 0) is 23.1 Å². The van der Waals surface area contributed by atoms with Gasteiger partial charge < -0.3 is 9.73 Å². The summed E-state index contributed by atoms with van der Waals surface area (Å²) in [4.78, 5) is -0.0599. The molecule has 0 radical (unpaired) electrons. The number of benzene rings is 1. The first-order chi connectivity index (χ1) is 9.53. The fraction of sp³-hybridized carbons (Fsp3) is 0.231. The molecule has 1 aromatic carbocycles. The van der Waals surface area contributed by atoms with E-state index in [4.69, 9.17) is 4.42 Å². The van der Waals surface area contributed by atoms with Gasteiger partial charge >= 0.3 is 0 Å². The Kier molecular flexibility index (Phi) is 4.53. The molecule has 0 spiro atoms. The third-order valence-electron chi connectivity index (χ3n) is 2.73. The smallest absolute Gasteiger partial charge is 0.241 e. The Bertz CT molecular complexity index is 669. The molecule has 0 saturated carbocycles. The van der Waals surface area contributed by atoms with E-state index in [0.717, 1.165) is 6.07 Å². The van der Waals surface area contributed by atoms with Crippen molar-refractivity contribution in [3.05, 3.63) is 53.7 Å². The molecule has 0 aliphatic rings. The van der Waals surface area contributed by atoms with Crippen LogP contribution in [0.3, 0.4) is 0 Å². The first-order valence-corrected chi connectivity index (χ1v) is 7.45. The molecule has 5 nitrogen and oxygen atoms in total. The topological polar surface area (TPSA) is 71.3 Å². The minimum atomic E-state index is -3.78. The average molecular weight is 298 g/mol. The number of hydrogen-bond acceptors (Lipinski definition) is 4. The highest BCUT2D eigenvalue weighted by Gasteiger charge is 2.19. The van der Waals surface area contributed by atoms with Gasteiger partial charge in [-0.25, -0.2) is 17.5 Å². The Morgan fingerprint density at radius 2 is 2.05 bits per heavy atom. The van der Waals surface area contributed by atoms with Gasteiger partial charge in [0, 0.05) is 18.7 Å². The van der Waals surface area contributed by atoms with Crippen LogP contribution in [0.25, 0.3) is 0 Å². The zero-order valence-electron chi connectivity index (χ0n) is 10.9. The second-order valence-electron chi connectivity index (χ2n) is 4.24. The molecule has 0 unspecified atom stereocenters. The lowest BCUT2D eigenvalue weighted by atomic mass is 10.2. The van der Waals surface area contributed by atoms with Crippen LogP contribution in [0.5, 0.6) is 0 Å². The molecular weight excluding hydrogens is 283 g/mol. The molecule has 1 aromatic heterocycles. The van der Waals surface area contributed by atoms with E-state index in [1.54, 1.807) is 13.1 Å². The summed E-state index contributed by atoms with van der Waals surface area (Å²) in [5.41, 5.74) is 1.20. The van der Waals surface area contributed by atoms with Crippen molar-refractivity contribution in [1.29, 1.82) is 0 Å². The normalized spacial score (nSPS) is 11.7. The van der Waals surface area contributed by atoms with E-state index in [2.05, 4.69) is 10.0 Å². The molecule has 0 aliphatic heterocycles. The lowest BCUT2D eigenvalue weighted by Gasteiger charge is -2.11. The minimum absolute atomic E-state index is 0.0599. The highest BCUT2D eigenvalue weighted by atomic mass is 32.2. The summed E-state index contributed by atoms with van der Waals surface area (Å²) in [6.07, 6.45) is 2.90. The number of hydrogen-bond donors (Lipinski definition) is 2. The first kappa shape index (κ1) is 14.7. The van der Waals surface area contributed by atoms with E-state index in [1.165, 1.54) is 24.7 Å². The Morgan fingerprint density at radius 1 is 1.25 bits per heavy atom. The first-order valence-electron chi connectivity index (χ1n) is 5.96. The molecular formula is C13H15FN2O3S. The number of sulfonamides is 1. The van der Waals surface area contributed by atoms with E-state index in [0.29, 0.717) is 17.7 Å². The zero-order chi connectivity index (χ0) is 14.6. The molecule has 2 aromatic rings. The third-order valence-corrected chi connectivity index (χ3v) is 4.22. The molecule has 1 heterocycles. The quantitative estimate of drug-likeness (QED) is 0.850. The van der Waals surface area contributed by atoms with Crippen LogP contribution >= 0.6 is 0 Å². The molecule has 7 heteroatoms. The maximum Gasteiger partial charge on any atom is 0.241 e. The highest BCUT2D eigenvalue weighted by Crippen LogP contribution is 2.17. The Balaban J connectivity index is 2.26. The van der Waals surface area contributed by atoms with Crippen LogP contribution in [0.15, 0.2) is 46.1 Å². The predicted octanol–water partition coefficient (Wildman–Crippen LogP) is 1.62. The number of furan rings is 1. The summed E-state index contributed by atoms with van der Waals surface area (Å²) in [7, 11) is -2.09. The second-order valence-corrected chi connectivity index (χ2v) is 5.97. The molecule has 108 valence electrons. The molecule has 20 heavy (non-hydrogen) atoms. The van der Waals surface area contributed by atoms with Crippen LogP contribution in [-0.4, -0.2) is 15.5 Å². The van der Waals surface area contributed by atoms with Crippen molar-refractivity contribution in [2.75, 3.05) is 7.05 Å². The van der Waals surface area contributed by atoms with E-state index in [9.17, 15) is 12.8 Å². The summed E-state index contributed by atoms with van der Waals surface area (Å²) in [6.45, 7) is 0.427. The summed E-state index contributed by atoms with van der Waals surface area (Å²) in [5, 5.41) is 2.86. The van der Waals surface area contributed by atoms with Gasteiger partial charge in [-0.2, -0.15) is 0 Å². The third kappa shape index (κ3) is 3.44. The molecule has 0 aliphatic carbocycles. The van der Waals surface area contributed by atoms with Crippen molar-refractivity contribution >= 4 is 10.0 Å². The van der Waals surface area contributed by atoms with Crippen LogP contribution in [0.4, 0.5) is 4.39 Å². The average Bonchev–Trinajstić information content (AvgIpc) is 2.92. The minimum Gasteiger partial charge on any atom is -0.472 e. The number of nitrogens with one attached hydrogen (secondary N) is 2. The van der Waals surface area contributed by atoms with E-state index in [-0.39, 0.29) is 11.4 Å². The monoisotopic (exact) mass is 298 g/mol. The van der Waals surface area contributed by atoms with Gasteiger partial charge in [-0.1, -0.05) is 6.07 Å². The fourth-order valence-electron chi connectivity index (χ4n) is 1.76. The fourth-order valence-corrected chi connectivity index (χ4v) is 3.03. The summed E-state index contributed by atoms with van der Waals surface area (Å²) >= 11 is 0. The maximum atomic E-state index is 13.3. The van der Waals surface area contributed by atoms with Gasteiger partial charge in [0.05, 0.1) is 17.4 Å². The standard InChI is InChI=1S/C13H15FN2O3S/c1-15-8-11-2-3-12(14)6-13(11)20(17,18)16-7-10-4-5-19-9-10/h2-6,9,15-16H,7-8H2,1H3. The van der Waals surface area contributed by atoms with Crippen molar-refractivity contribution in [1.82, 2.24) is 10.0 Å². The van der Waals surface area contributed by atoms with Crippen molar-refractivity contribution in [3.8, 4) is 0 Å². The maximum absolute atomic E-state index is 13.3. The molecule has 2 rings (SSSR count). The summed E-state index contributed by atoms with van der Waals surface area (Å²) in [6, 6.07) is 5.37. The lowest BCUT2D eigenvalue weighted by molar-refractivity contribution is 0.560. The van der Waals surface area contributed by atoms with Crippen molar-refractivity contribution < 1.29 is 17.2 Å². The Labute approximate surface area is 116 Å². The van der Waals surface area contributed by atoms with Gasteiger partial charge in [0.25, 0.3) is 0 Å². The highest BCUT2D eigenvalue weighted by molar-refractivity contribution is 7.89. The van der Waals surface area contributed by atoms with Gasteiger partial charge in [0.15, 0.2) is 0 Å². The van der Waals surface area contributed by atoms with Crippen LogP contribution in [0.2, 0.25) is 0 Å². The Hall–Kier alpha value is -1.70. The van der Waals surface area contributed by atoms with Gasteiger partial charge in [0.2, 0.25) is 10.0 Å². The van der Waals surface area contributed by atoms with Crippen LogP contribution < -0.4 is 10.0 Å². The van der Waals surface area contributed by atoms with Crippen molar-refractivity contribution in [2.24, 2.45) is 0 Å². The van der Waals surface area contributed by atoms with Gasteiger partial charge in [-0.15, -0.1) is 0 Å². The summed E-state index contributed by atoms with van der Waals surface area (Å²) < 4.78 is 45.1. The van der Waals surface area contributed by atoms with E-state index < -0.39 is 15.8 Å². The van der Waals surface area contributed by atoms with Gasteiger partial charge in [-0.3, -0.25) is 0 Å². The molecule has 0 atom stereocenters. The SMILES string of the molecule is CNCc1ccc(F)cc1S(=O)(=O)NCc1ccoc1. The summed E-state index contributed by atoms with van der Waals surface area (Å²) in [5.74, 6) is -0.589. The number of halogens is 1. The van der Waals surface area contributed by atoms with Crippen molar-refractivity contribution in [3.63, 3.8) is 0 Å². The molecule has 0 fully saturated rings. The molecule has 0 saturated heterocycles. The van der Waals surface area contributed by atoms with E-state index >= 15 is 0 Å². The lowest BCUT2D eigenvalue weighted by Crippen LogP contribution is -2.25. The van der Waals surface area contributed by atoms with Crippen LogP contribution in [0.1, 0.15) is 11.1 Å².